The summed E-state index contributed by atoms with van der Waals surface area (Å²) in [7, 11) is 0. The van der Waals surface area contributed by atoms with Gasteiger partial charge in [-0.05, 0) is 31.0 Å². The van der Waals surface area contributed by atoms with Crippen molar-refractivity contribution in [2.75, 3.05) is 30.3 Å². The Balaban J connectivity index is 2.25. The lowest BCUT2D eigenvalue weighted by molar-refractivity contribution is 0.636. The number of para-hydroxylation sites is 1. The maximum absolute atomic E-state index is 6.43. The third-order valence-electron chi connectivity index (χ3n) is 3.64. The van der Waals surface area contributed by atoms with Gasteiger partial charge in [0, 0.05) is 23.6 Å². The molecule has 2 nitrogen and oxygen atoms in total. The molecule has 0 amide bonds. The molecule has 1 saturated heterocycles. The highest BCUT2D eigenvalue weighted by Crippen LogP contribution is 2.36. The van der Waals surface area contributed by atoms with Crippen molar-refractivity contribution in [3.05, 3.63) is 28.8 Å². The number of hydrogen-bond acceptors (Lipinski definition) is 3. The van der Waals surface area contributed by atoms with Crippen LogP contribution in [0.3, 0.4) is 0 Å². The van der Waals surface area contributed by atoms with Crippen LogP contribution in [0, 0.1) is 0 Å². The summed E-state index contributed by atoms with van der Waals surface area (Å²) in [6.07, 6.45) is 2.08. The first-order chi connectivity index (χ1) is 9.03. The minimum Gasteiger partial charge on any atom is -0.369 e. The van der Waals surface area contributed by atoms with Gasteiger partial charge in [-0.1, -0.05) is 37.6 Å². The van der Waals surface area contributed by atoms with Crippen LogP contribution in [0.4, 0.5) is 5.69 Å². The van der Waals surface area contributed by atoms with E-state index >= 15 is 0 Å². The lowest BCUT2D eigenvalue weighted by Crippen LogP contribution is -2.28. The average Bonchev–Trinajstić information content (AvgIpc) is 2.51. The standard InChI is InChI=1S/C15H23ClN2S/c1-15(2)7-9-18(10-11-19-15)14-12(6-8-17)4-3-5-13(14)16/h3-5H,6-11,17H2,1-2H3. The molecular formula is C15H23ClN2S. The fourth-order valence-corrected chi connectivity index (χ4v) is 3.93. The molecule has 0 spiro atoms. The second-order valence-electron chi connectivity index (χ2n) is 5.63. The Kier molecular flexibility index (Phi) is 5.04. The van der Waals surface area contributed by atoms with Gasteiger partial charge in [0.05, 0.1) is 10.7 Å². The number of hydrogen-bond donors (Lipinski definition) is 1. The maximum Gasteiger partial charge on any atom is 0.0642 e. The largest absolute Gasteiger partial charge is 0.369 e. The number of thioether (sulfide) groups is 1. The van der Waals surface area contributed by atoms with Crippen molar-refractivity contribution in [1.29, 1.82) is 0 Å². The van der Waals surface area contributed by atoms with Crippen LogP contribution < -0.4 is 10.6 Å². The van der Waals surface area contributed by atoms with Crippen molar-refractivity contribution in [2.45, 2.75) is 31.4 Å². The molecule has 1 fully saturated rings. The minimum atomic E-state index is 0.365. The van der Waals surface area contributed by atoms with Crippen LogP contribution in [0.25, 0.3) is 0 Å². The lowest BCUT2D eigenvalue weighted by Gasteiger charge is -2.27. The summed E-state index contributed by atoms with van der Waals surface area (Å²) in [5, 5.41) is 0.857. The van der Waals surface area contributed by atoms with Gasteiger partial charge in [-0.2, -0.15) is 11.8 Å². The molecule has 106 valence electrons. The molecule has 2 rings (SSSR count). The predicted molar refractivity (Wildman–Crippen MR) is 87.6 cm³/mol. The van der Waals surface area contributed by atoms with Crippen molar-refractivity contribution < 1.29 is 0 Å². The van der Waals surface area contributed by atoms with E-state index in [1.165, 1.54) is 17.7 Å². The molecular weight excluding hydrogens is 276 g/mol. The van der Waals surface area contributed by atoms with Gasteiger partial charge in [0.25, 0.3) is 0 Å². The molecule has 0 atom stereocenters. The lowest BCUT2D eigenvalue weighted by atomic mass is 10.1. The summed E-state index contributed by atoms with van der Waals surface area (Å²) < 4.78 is 0.365. The molecule has 0 saturated carbocycles. The van der Waals surface area contributed by atoms with Gasteiger partial charge in [-0.15, -0.1) is 0 Å². The van der Waals surface area contributed by atoms with Gasteiger partial charge in [0.1, 0.15) is 0 Å². The zero-order chi connectivity index (χ0) is 13.9. The fraction of sp³-hybridized carbons (Fsp3) is 0.600. The molecule has 19 heavy (non-hydrogen) atoms. The van der Waals surface area contributed by atoms with Crippen molar-refractivity contribution in [2.24, 2.45) is 5.73 Å². The number of benzene rings is 1. The van der Waals surface area contributed by atoms with Crippen LogP contribution in [0.2, 0.25) is 5.02 Å². The van der Waals surface area contributed by atoms with Crippen molar-refractivity contribution in [1.82, 2.24) is 0 Å². The molecule has 1 aliphatic rings. The van der Waals surface area contributed by atoms with Gasteiger partial charge in [0.2, 0.25) is 0 Å². The van der Waals surface area contributed by atoms with Gasteiger partial charge in [0.15, 0.2) is 0 Å². The van der Waals surface area contributed by atoms with Crippen LogP contribution in [-0.2, 0) is 6.42 Å². The van der Waals surface area contributed by atoms with E-state index in [9.17, 15) is 0 Å². The van der Waals surface area contributed by atoms with Crippen LogP contribution in [0.15, 0.2) is 18.2 Å². The van der Waals surface area contributed by atoms with Crippen molar-refractivity contribution in [3.63, 3.8) is 0 Å². The fourth-order valence-electron chi connectivity index (χ4n) is 2.52. The smallest absolute Gasteiger partial charge is 0.0642 e. The molecule has 0 aromatic heterocycles. The number of nitrogens with two attached hydrogens (primary N) is 1. The van der Waals surface area contributed by atoms with E-state index in [1.807, 2.05) is 12.1 Å². The van der Waals surface area contributed by atoms with Crippen LogP contribution in [-0.4, -0.2) is 30.1 Å². The summed E-state index contributed by atoms with van der Waals surface area (Å²) in [6.45, 7) is 7.46. The first-order valence-corrected chi connectivity index (χ1v) is 8.26. The minimum absolute atomic E-state index is 0.365. The van der Waals surface area contributed by atoms with Crippen LogP contribution >= 0.6 is 23.4 Å². The van der Waals surface area contributed by atoms with Crippen LogP contribution in [0.1, 0.15) is 25.8 Å². The van der Waals surface area contributed by atoms with Gasteiger partial charge < -0.3 is 10.6 Å². The zero-order valence-corrected chi connectivity index (χ0v) is 13.4. The van der Waals surface area contributed by atoms with Gasteiger partial charge in [-0.3, -0.25) is 0 Å². The Bertz CT molecular complexity index is 434. The van der Waals surface area contributed by atoms with Crippen molar-refractivity contribution >= 4 is 29.1 Å². The number of halogens is 1. The molecule has 1 heterocycles. The van der Waals surface area contributed by atoms with E-state index in [2.05, 4.69) is 36.6 Å². The summed E-state index contributed by atoms with van der Waals surface area (Å²) in [5.74, 6) is 1.15. The molecule has 2 N–H and O–H groups in total. The Morgan fingerprint density at radius 1 is 1.37 bits per heavy atom. The molecule has 1 aromatic rings. The van der Waals surface area contributed by atoms with E-state index in [0.717, 1.165) is 30.3 Å². The summed E-state index contributed by atoms with van der Waals surface area (Å²) in [5.41, 5.74) is 8.20. The van der Waals surface area contributed by atoms with E-state index in [4.69, 9.17) is 17.3 Å². The Hall–Kier alpha value is -0.380. The Labute approximate surface area is 125 Å². The third kappa shape index (κ3) is 3.80. The molecule has 0 radical (unpaired) electrons. The molecule has 0 bridgehead atoms. The van der Waals surface area contributed by atoms with Crippen molar-refractivity contribution in [3.8, 4) is 0 Å². The van der Waals surface area contributed by atoms with Crippen LogP contribution in [0.5, 0.6) is 0 Å². The second-order valence-corrected chi connectivity index (χ2v) is 7.84. The third-order valence-corrected chi connectivity index (χ3v) is 5.32. The topological polar surface area (TPSA) is 29.3 Å². The molecule has 1 aromatic carbocycles. The molecule has 0 aliphatic carbocycles. The summed E-state index contributed by atoms with van der Waals surface area (Å²) in [4.78, 5) is 2.44. The highest BCUT2D eigenvalue weighted by atomic mass is 35.5. The van der Waals surface area contributed by atoms with Gasteiger partial charge >= 0.3 is 0 Å². The SMILES string of the molecule is CC1(C)CCN(c2c(Cl)cccc2CCN)CCS1. The second kappa shape index (κ2) is 6.38. The quantitative estimate of drug-likeness (QED) is 0.925. The number of nitrogens with zero attached hydrogens (tertiary/aromatic N) is 1. The van der Waals surface area contributed by atoms with E-state index in [-0.39, 0.29) is 0 Å². The average molecular weight is 299 g/mol. The first kappa shape index (κ1) is 15.0. The number of rotatable bonds is 3. The Morgan fingerprint density at radius 3 is 2.89 bits per heavy atom. The van der Waals surface area contributed by atoms with E-state index < -0.39 is 0 Å². The van der Waals surface area contributed by atoms with Gasteiger partial charge in [-0.25, -0.2) is 0 Å². The molecule has 4 heteroatoms. The predicted octanol–water partition coefficient (Wildman–Crippen LogP) is 3.56. The van der Waals surface area contributed by atoms with E-state index in [0.29, 0.717) is 11.3 Å². The summed E-state index contributed by atoms with van der Waals surface area (Å²) in [6, 6.07) is 6.16. The summed E-state index contributed by atoms with van der Waals surface area (Å²) >= 11 is 8.49. The number of anilines is 1. The monoisotopic (exact) mass is 298 g/mol. The highest BCUT2D eigenvalue weighted by molar-refractivity contribution is 8.00. The molecule has 0 unspecified atom stereocenters. The normalized spacial score (nSPS) is 19.3. The molecule has 1 aliphatic heterocycles. The highest BCUT2D eigenvalue weighted by Gasteiger charge is 2.25. The maximum atomic E-state index is 6.43. The first-order valence-electron chi connectivity index (χ1n) is 6.90. The zero-order valence-electron chi connectivity index (χ0n) is 11.8. The van der Waals surface area contributed by atoms with E-state index in [1.54, 1.807) is 0 Å². The Morgan fingerprint density at radius 2 is 2.16 bits per heavy atom.